The van der Waals surface area contributed by atoms with Crippen molar-refractivity contribution >= 4 is 33.6 Å². The van der Waals surface area contributed by atoms with Crippen LogP contribution in [0.1, 0.15) is 16.8 Å². The van der Waals surface area contributed by atoms with Crippen molar-refractivity contribution < 1.29 is 31.1 Å². The highest BCUT2D eigenvalue weighted by Gasteiger charge is 2.36. The molecular weight excluding hydrogens is 528 g/mol. The van der Waals surface area contributed by atoms with Crippen LogP contribution in [0, 0.1) is 11.2 Å². The van der Waals surface area contributed by atoms with Crippen LogP contribution in [0.3, 0.4) is 0 Å². The molecule has 3 N–H and O–H groups in total. The molecule has 1 aromatic heterocycles. The second kappa shape index (κ2) is 10.5. The van der Waals surface area contributed by atoms with Gasteiger partial charge in [0, 0.05) is 43.6 Å². The van der Waals surface area contributed by atoms with Crippen LogP contribution in [-0.2, 0) is 22.6 Å². The number of nitrogens with one attached hydrogen (secondary N) is 2. The van der Waals surface area contributed by atoms with E-state index < -0.39 is 33.3 Å². The van der Waals surface area contributed by atoms with Crippen LogP contribution < -0.4 is 10.2 Å². The number of aromatic hydroxyl groups is 1. The van der Waals surface area contributed by atoms with Gasteiger partial charge >= 0.3 is 6.18 Å². The largest absolute Gasteiger partial charge is 0.505 e. The van der Waals surface area contributed by atoms with Crippen LogP contribution in [0.15, 0.2) is 48.7 Å². The average Bonchev–Trinajstić information content (AvgIpc) is 2.86. The molecule has 0 unspecified atom stereocenters. The fourth-order valence-electron chi connectivity index (χ4n) is 4.23. The smallest absolute Gasteiger partial charge is 0.419 e. The molecule has 3 aromatic rings. The highest BCUT2D eigenvalue weighted by Crippen LogP contribution is 2.37. The Morgan fingerprint density at radius 3 is 2.55 bits per heavy atom. The average molecular weight is 553 g/mol. The van der Waals surface area contributed by atoms with Crippen LogP contribution in [0.25, 0.3) is 0 Å². The molecule has 0 amide bonds. The van der Waals surface area contributed by atoms with E-state index in [9.17, 15) is 31.1 Å². The molecule has 14 heteroatoms. The first kappa shape index (κ1) is 27.3. The molecular formula is C24H24F4N6O3S. The fraction of sp³-hybridized carbons (Fsp3) is 0.292. The highest BCUT2D eigenvalue weighted by atomic mass is 32.2. The maximum atomic E-state index is 13.8. The van der Waals surface area contributed by atoms with Crippen molar-refractivity contribution in [1.82, 2.24) is 14.3 Å². The van der Waals surface area contributed by atoms with E-state index in [-0.39, 0.29) is 48.7 Å². The van der Waals surface area contributed by atoms with Crippen molar-refractivity contribution in [1.29, 1.82) is 5.41 Å². The summed E-state index contributed by atoms with van der Waals surface area (Å²) >= 11 is 0. The third-order valence-corrected chi connectivity index (χ3v) is 7.34. The van der Waals surface area contributed by atoms with Crippen molar-refractivity contribution in [2.45, 2.75) is 18.6 Å². The minimum Gasteiger partial charge on any atom is -0.505 e. The van der Waals surface area contributed by atoms with E-state index in [0.717, 1.165) is 24.1 Å². The molecule has 2 heterocycles. The predicted molar refractivity (Wildman–Crippen MR) is 134 cm³/mol. The quantitative estimate of drug-likeness (QED) is 0.301. The van der Waals surface area contributed by atoms with Gasteiger partial charge in [-0.25, -0.2) is 22.8 Å². The zero-order valence-electron chi connectivity index (χ0n) is 20.1. The van der Waals surface area contributed by atoms with E-state index in [2.05, 4.69) is 15.3 Å². The lowest BCUT2D eigenvalue weighted by Gasteiger charge is -2.40. The van der Waals surface area contributed by atoms with Crippen LogP contribution in [0.2, 0.25) is 0 Å². The van der Waals surface area contributed by atoms with E-state index in [1.165, 1.54) is 10.5 Å². The van der Waals surface area contributed by atoms with Gasteiger partial charge in [0.1, 0.15) is 5.69 Å². The van der Waals surface area contributed by atoms with Gasteiger partial charge in [0.25, 0.3) is 0 Å². The minimum atomic E-state index is -5.04. The first-order chi connectivity index (χ1) is 17.9. The predicted octanol–water partition coefficient (Wildman–Crippen LogP) is 3.77. The van der Waals surface area contributed by atoms with Crippen LogP contribution >= 0.6 is 0 Å². The number of alkyl halides is 3. The molecule has 38 heavy (non-hydrogen) atoms. The Labute approximate surface area is 216 Å². The number of benzene rings is 2. The number of anilines is 3. The van der Waals surface area contributed by atoms with Gasteiger partial charge in [0.2, 0.25) is 16.0 Å². The highest BCUT2D eigenvalue weighted by molar-refractivity contribution is 7.88. The molecule has 2 aromatic carbocycles. The monoisotopic (exact) mass is 552 g/mol. The number of rotatable bonds is 7. The standard InChI is InChI=1S/C24H24F4N6O3S/c1-38(36,37)33-7-8-34(17(14-33)9-15-5-3-2-4-6-15)23-30-13-20(19(12-29)32-23)31-16-10-18(24(26,27)28)22(25)21(35)11-16/h2-6,10-13,17,29,31,35H,7-9,14H2,1H3/t17-/m1/s1. The molecule has 0 aliphatic carbocycles. The lowest BCUT2D eigenvalue weighted by Crippen LogP contribution is -2.56. The molecule has 1 fully saturated rings. The van der Waals surface area contributed by atoms with E-state index in [4.69, 9.17) is 5.41 Å². The second-order valence-corrected chi connectivity index (χ2v) is 10.7. The molecule has 1 atom stereocenters. The first-order valence-electron chi connectivity index (χ1n) is 11.4. The van der Waals surface area contributed by atoms with Crippen LogP contribution in [0.5, 0.6) is 5.75 Å². The molecule has 1 aliphatic heterocycles. The van der Waals surface area contributed by atoms with E-state index in [1.807, 2.05) is 35.2 Å². The van der Waals surface area contributed by atoms with Gasteiger partial charge in [-0.15, -0.1) is 0 Å². The van der Waals surface area contributed by atoms with E-state index >= 15 is 0 Å². The lowest BCUT2D eigenvalue weighted by atomic mass is 10.0. The summed E-state index contributed by atoms with van der Waals surface area (Å²) in [5.41, 5.74) is -0.880. The Morgan fingerprint density at radius 1 is 1.21 bits per heavy atom. The lowest BCUT2D eigenvalue weighted by molar-refractivity contribution is -0.140. The summed E-state index contributed by atoms with van der Waals surface area (Å²) in [7, 11) is -3.44. The summed E-state index contributed by atoms with van der Waals surface area (Å²) in [4.78, 5) is 10.5. The van der Waals surface area contributed by atoms with E-state index in [1.54, 1.807) is 0 Å². The molecule has 0 saturated carbocycles. The van der Waals surface area contributed by atoms with Gasteiger partial charge in [0.15, 0.2) is 11.6 Å². The van der Waals surface area contributed by atoms with Crippen LogP contribution in [-0.4, -0.2) is 65.9 Å². The van der Waals surface area contributed by atoms with Crippen molar-refractivity contribution in [2.24, 2.45) is 0 Å². The van der Waals surface area contributed by atoms with Gasteiger partial charge in [-0.2, -0.15) is 17.5 Å². The number of halogens is 4. The summed E-state index contributed by atoms with van der Waals surface area (Å²) in [5.74, 6) is -2.77. The van der Waals surface area contributed by atoms with Gasteiger partial charge in [-0.3, -0.25) is 0 Å². The van der Waals surface area contributed by atoms with Crippen molar-refractivity contribution in [3.05, 3.63) is 71.3 Å². The summed E-state index contributed by atoms with van der Waals surface area (Å²) < 4.78 is 79.1. The van der Waals surface area contributed by atoms with Crippen molar-refractivity contribution in [3.63, 3.8) is 0 Å². The molecule has 202 valence electrons. The Bertz CT molecular complexity index is 1440. The Morgan fingerprint density at radius 2 is 1.92 bits per heavy atom. The summed E-state index contributed by atoms with van der Waals surface area (Å²) in [6.07, 6.45) is -1.26. The summed E-state index contributed by atoms with van der Waals surface area (Å²) in [6.45, 7) is 0.657. The van der Waals surface area contributed by atoms with Gasteiger partial charge < -0.3 is 20.7 Å². The molecule has 4 rings (SSSR count). The maximum Gasteiger partial charge on any atom is 0.419 e. The normalized spacial score (nSPS) is 16.9. The molecule has 0 spiro atoms. The number of piperazine rings is 1. The van der Waals surface area contributed by atoms with Crippen molar-refractivity contribution in [2.75, 3.05) is 36.1 Å². The molecule has 0 radical (unpaired) electrons. The molecule has 9 nitrogen and oxygen atoms in total. The van der Waals surface area contributed by atoms with Gasteiger partial charge in [-0.05, 0) is 18.1 Å². The molecule has 0 bridgehead atoms. The minimum absolute atomic E-state index is 0.0244. The topological polar surface area (TPSA) is 123 Å². The fourth-order valence-corrected chi connectivity index (χ4v) is 5.08. The zero-order valence-corrected chi connectivity index (χ0v) is 20.9. The van der Waals surface area contributed by atoms with E-state index in [0.29, 0.717) is 12.5 Å². The number of aromatic nitrogens is 2. The maximum absolute atomic E-state index is 13.8. The number of hydrogen-bond donors (Lipinski definition) is 3. The molecule has 1 saturated heterocycles. The summed E-state index contributed by atoms with van der Waals surface area (Å²) in [6, 6.07) is 10.4. The third kappa shape index (κ3) is 6.02. The number of nitrogens with zero attached hydrogens (tertiary/aromatic N) is 4. The first-order valence-corrected chi connectivity index (χ1v) is 13.2. The van der Waals surface area contributed by atoms with Gasteiger partial charge in [0.05, 0.1) is 23.7 Å². The second-order valence-electron chi connectivity index (χ2n) is 8.75. The Kier molecular flexibility index (Phi) is 7.56. The number of phenolic OH excluding ortho intramolecular Hbond substituents is 1. The van der Waals surface area contributed by atoms with Crippen LogP contribution in [0.4, 0.5) is 34.9 Å². The Hall–Kier alpha value is -3.78. The van der Waals surface area contributed by atoms with Crippen molar-refractivity contribution in [3.8, 4) is 5.75 Å². The number of phenols is 1. The van der Waals surface area contributed by atoms with Gasteiger partial charge in [-0.1, -0.05) is 30.3 Å². The third-order valence-electron chi connectivity index (χ3n) is 6.07. The number of hydrogen-bond acceptors (Lipinski definition) is 8. The SMILES string of the molecule is CS(=O)(=O)N1CCN(c2ncc(Nc3cc(O)c(F)c(C(F)(F)F)c3)c(C=N)n2)[C@H](Cc2ccccc2)C1. The Balaban J connectivity index is 1.65. The number of sulfonamides is 1. The molecule has 1 aliphatic rings. The summed E-state index contributed by atoms with van der Waals surface area (Å²) in [5, 5.41) is 20.0. The zero-order chi connectivity index (χ0) is 27.7.